The van der Waals surface area contributed by atoms with E-state index in [1.165, 1.54) is 35.9 Å². The third-order valence-electron chi connectivity index (χ3n) is 3.31. The molecule has 29 heavy (non-hydrogen) atoms. The second-order valence-corrected chi connectivity index (χ2v) is 7.32. The van der Waals surface area contributed by atoms with Crippen LogP contribution in [-0.2, 0) is 4.74 Å². The first-order valence-electron chi connectivity index (χ1n) is 8.27. The molecule has 0 spiro atoms. The lowest BCUT2D eigenvalue weighted by molar-refractivity contribution is 0.210. The molecule has 0 radical (unpaired) electrons. The van der Waals surface area contributed by atoms with E-state index in [0.717, 1.165) is 0 Å². The van der Waals surface area contributed by atoms with Gasteiger partial charge in [-0.2, -0.15) is 25.5 Å². The first-order chi connectivity index (χ1) is 14.2. The van der Waals surface area contributed by atoms with Crippen LogP contribution in [0.25, 0.3) is 0 Å². The maximum atomic E-state index is 8.89. The molecule has 0 aliphatic rings. The van der Waals surface area contributed by atoms with Crippen molar-refractivity contribution in [2.24, 2.45) is 0 Å². The summed E-state index contributed by atoms with van der Waals surface area (Å²) in [5.41, 5.74) is 0.963. The SMILES string of the molecule is COCCNc1nc(Sc2ccc(C#N)cn2)nc(Sc2ccc(C#N)cn2)n1. The molecule has 0 saturated heterocycles. The van der Waals surface area contributed by atoms with Crippen LogP contribution in [0, 0.1) is 22.7 Å². The van der Waals surface area contributed by atoms with E-state index in [-0.39, 0.29) is 0 Å². The summed E-state index contributed by atoms with van der Waals surface area (Å²) in [5.74, 6) is 0.407. The summed E-state index contributed by atoms with van der Waals surface area (Å²) in [7, 11) is 1.62. The van der Waals surface area contributed by atoms with E-state index in [1.807, 2.05) is 12.1 Å². The van der Waals surface area contributed by atoms with E-state index in [4.69, 9.17) is 15.3 Å². The molecule has 3 rings (SSSR count). The van der Waals surface area contributed by atoms with E-state index in [9.17, 15) is 0 Å². The highest BCUT2D eigenvalue weighted by Crippen LogP contribution is 2.28. The average molecular weight is 422 g/mol. The zero-order chi connectivity index (χ0) is 20.5. The van der Waals surface area contributed by atoms with Crippen LogP contribution in [0.4, 0.5) is 5.95 Å². The van der Waals surface area contributed by atoms with Crippen LogP contribution in [0.2, 0.25) is 0 Å². The number of ether oxygens (including phenoxy) is 1. The van der Waals surface area contributed by atoms with E-state index in [0.29, 0.717) is 50.6 Å². The zero-order valence-corrected chi connectivity index (χ0v) is 16.9. The van der Waals surface area contributed by atoms with Gasteiger partial charge in [0.15, 0.2) is 10.3 Å². The highest BCUT2D eigenvalue weighted by atomic mass is 32.2. The van der Waals surface area contributed by atoms with Crippen molar-refractivity contribution in [3.8, 4) is 12.1 Å². The molecular weight excluding hydrogens is 408 g/mol. The van der Waals surface area contributed by atoms with Crippen LogP contribution in [0.1, 0.15) is 11.1 Å². The lowest BCUT2D eigenvalue weighted by atomic mass is 10.3. The van der Waals surface area contributed by atoms with Crippen molar-refractivity contribution in [2.75, 3.05) is 25.6 Å². The van der Waals surface area contributed by atoms with Crippen LogP contribution in [-0.4, -0.2) is 45.2 Å². The minimum Gasteiger partial charge on any atom is -0.383 e. The Kier molecular flexibility index (Phi) is 7.30. The molecule has 3 aromatic rings. The Labute approximate surface area is 175 Å². The van der Waals surface area contributed by atoms with E-state index in [1.54, 1.807) is 31.4 Å². The lowest BCUT2D eigenvalue weighted by Crippen LogP contribution is -2.11. The molecule has 0 amide bonds. The molecule has 0 aliphatic carbocycles. The van der Waals surface area contributed by atoms with Gasteiger partial charge in [-0.15, -0.1) is 0 Å². The smallest absolute Gasteiger partial charge is 0.227 e. The number of rotatable bonds is 8. The van der Waals surface area contributed by atoms with Crippen LogP contribution in [0.3, 0.4) is 0 Å². The molecule has 0 unspecified atom stereocenters. The fourth-order valence-corrected chi connectivity index (χ4v) is 3.42. The Morgan fingerprint density at radius 1 is 0.897 bits per heavy atom. The molecule has 1 N–H and O–H groups in total. The summed E-state index contributed by atoms with van der Waals surface area (Å²) in [6.45, 7) is 1.05. The van der Waals surface area contributed by atoms with Gasteiger partial charge in [-0.05, 0) is 47.8 Å². The minimum atomic E-state index is 0.407. The van der Waals surface area contributed by atoms with Gasteiger partial charge >= 0.3 is 0 Å². The molecule has 144 valence electrons. The van der Waals surface area contributed by atoms with Crippen molar-refractivity contribution < 1.29 is 4.74 Å². The van der Waals surface area contributed by atoms with Gasteiger partial charge in [0.1, 0.15) is 22.2 Å². The fourth-order valence-electron chi connectivity index (χ4n) is 1.97. The second-order valence-electron chi connectivity index (χ2n) is 5.34. The Morgan fingerprint density at radius 3 is 1.86 bits per heavy atom. The summed E-state index contributed by atoms with van der Waals surface area (Å²) < 4.78 is 5.04. The number of nitrogens with zero attached hydrogens (tertiary/aromatic N) is 7. The summed E-state index contributed by atoms with van der Waals surface area (Å²) in [4.78, 5) is 21.7. The lowest BCUT2D eigenvalue weighted by Gasteiger charge is -2.08. The van der Waals surface area contributed by atoms with Crippen molar-refractivity contribution in [3.63, 3.8) is 0 Å². The summed E-state index contributed by atoms with van der Waals surface area (Å²) in [6, 6.07) is 10.9. The van der Waals surface area contributed by atoms with E-state index < -0.39 is 0 Å². The zero-order valence-electron chi connectivity index (χ0n) is 15.2. The summed E-state index contributed by atoms with van der Waals surface area (Å²) >= 11 is 2.52. The Balaban J connectivity index is 1.83. The summed E-state index contributed by atoms with van der Waals surface area (Å²) in [5, 5.41) is 23.1. The highest BCUT2D eigenvalue weighted by Gasteiger charge is 2.11. The number of hydrogen-bond acceptors (Lipinski definition) is 11. The van der Waals surface area contributed by atoms with Gasteiger partial charge in [-0.25, -0.2) is 9.97 Å². The molecule has 0 saturated carbocycles. The number of pyridine rings is 2. The molecule has 9 nitrogen and oxygen atoms in total. The van der Waals surface area contributed by atoms with Gasteiger partial charge in [-0.3, -0.25) is 0 Å². The fraction of sp³-hybridized carbons (Fsp3) is 0.167. The third kappa shape index (κ3) is 6.12. The number of nitriles is 2. The van der Waals surface area contributed by atoms with Gasteiger partial charge in [0.25, 0.3) is 0 Å². The normalized spacial score (nSPS) is 10.2. The Hall–Kier alpha value is -3.25. The molecule has 0 fully saturated rings. The molecule has 0 bridgehead atoms. The maximum Gasteiger partial charge on any atom is 0.227 e. The number of anilines is 1. The van der Waals surface area contributed by atoms with Crippen molar-refractivity contribution in [1.82, 2.24) is 24.9 Å². The standard InChI is InChI=1S/C18H14N8OS2/c1-27-7-6-21-16-24-17(28-14-4-2-12(8-19)10-22-14)26-18(25-16)29-15-5-3-13(9-20)11-23-15/h2-5,10-11H,6-7H2,1H3,(H,21,24,25,26). The van der Waals surface area contributed by atoms with Gasteiger partial charge in [0.05, 0.1) is 17.7 Å². The number of nitrogens with one attached hydrogen (secondary N) is 1. The van der Waals surface area contributed by atoms with Gasteiger partial charge in [0, 0.05) is 26.0 Å². The number of hydrogen-bond donors (Lipinski definition) is 1. The molecule has 0 aliphatic heterocycles. The van der Waals surface area contributed by atoms with Gasteiger partial charge < -0.3 is 10.1 Å². The quantitative estimate of drug-likeness (QED) is 0.537. The van der Waals surface area contributed by atoms with Gasteiger partial charge in [0.2, 0.25) is 5.95 Å². The predicted octanol–water partition coefficient (Wildman–Crippen LogP) is 2.77. The summed E-state index contributed by atoms with van der Waals surface area (Å²) in [6.07, 6.45) is 3.00. The molecular formula is C18H14N8OS2. The van der Waals surface area contributed by atoms with Crippen molar-refractivity contribution in [1.29, 1.82) is 10.5 Å². The topological polar surface area (TPSA) is 133 Å². The average Bonchev–Trinajstić information content (AvgIpc) is 2.75. The van der Waals surface area contributed by atoms with Crippen LogP contribution in [0.15, 0.2) is 57.0 Å². The number of aromatic nitrogens is 5. The van der Waals surface area contributed by atoms with Crippen LogP contribution >= 0.6 is 23.5 Å². The van der Waals surface area contributed by atoms with E-state index in [2.05, 4.69) is 30.2 Å². The Bertz CT molecular complexity index is 968. The molecule has 3 aromatic heterocycles. The van der Waals surface area contributed by atoms with Crippen molar-refractivity contribution in [3.05, 3.63) is 47.8 Å². The first kappa shape index (κ1) is 20.5. The second kappa shape index (κ2) is 10.3. The molecule has 0 atom stereocenters. The minimum absolute atomic E-state index is 0.407. The van der Waals surface area contributed by atoms with Gasteiger partial charge in [-0.1, -0.05) is 0 Å². The van der Waals surface area contributed by atoms with Crippen molar-refractivity contribution in [2.45, 2.75) is 20.4 Å². The third-order valence-corrected chi connectivity index (χ3v) is 4.94. The van der Waals surface area contributed by atoms with Crippen LogP contribution in [0.5, 0.6) is 0 Å². The molecule has 0 aromatic carbocycles. The van der Waals surface area contributed by atoms with Crippen molar-refractivity contribution >= 4 is 29.5 Å². The maximum absolute atomic E-state index is 8.89. The largest absolute Gasteiger partial charge is 0.383 e. The molecule has 11 heteroatoms. The Morgan fingerprint density at radius 2 is 1.45 bits per heavy atom. The molecule has 3 heterocycles. The van der Waals surface area contributed by atoms with E-state index >= 15 is 0 Å². The monoisotopic (exact) mass is 422 g/mol. The first-order valence-corrected chi connectivity index (χ1v) is 9.90. The highest BCUT2D eigenvalue weighted by molar-refractivity contribution is 7.99. The predicted molar refractivity (Wildman–Crippen MR) is 106 cm³/mol. The number of methoxy groups -OCH3 is 1. The van der Waals surface area contributed by atoms with Crippen LogP contribution < -0.4 is 5.32 Å².